The van der Waals surface area contributed by atoms with Gasteiger partial charge in [0.15, 0.2) is 0 Å². The first-order valence-electron chi connectivity index (χ1n) is 5.69. The molecule has 0 radical (unpaired) electrons. The van der Waals surface area contributed by atoms with Gasteiger partial charge in [-0.1, -0.05) is 39.7 Å². The van der Waals surface area contributed by atoms with Crippen LogP contribution in [0.15, 0.2) is 46.9 Å². The van der Waals surface area contributed by atoms with Crippen LogP contribution in [0.1, 0.15) is 0 Å². The van der Waals surface area contributed by atoms with Crippen molar-refractivity contribution < 1.29 is 4.74 Å². The largest absolute Gasteiger partial charge is 0.437 e. The molecule has 0 saturated heterocycles. The molecule has 3 aromatic rings. The van der Waals surface area contributed by atoms with Crippen LogP contribution >= 0.6 is 39.1 Å². The summed E-state index contributed by atoms with van der Waals surface area (Å²) in [4.78, 5) is 8.28. The first-order valence-corrected chi connectivity index (χ1v) is 7.23. The van der Waals surface area contributed by atoms with Crippen molar-refractivity contribution in [3.8, 4) is 11.6 Å². The van der Waals surface area contributed by atoms with E-state index in [0.29, 0.717) is 22.2 Å². The van der Waals surface area contributed by atoms with Gasteiger partial charge in [-0.3, -0.25) is 0 Å². The minimum atomic E-state index is 0.129. The van der Waals surface area contributed by atoms with Crippen LogP contribution in [-0.4, -0.2) is 9.97 Å². The Balaban J connectivity index is 2.13. The van der Waals surface area contributed by atoms with Crippen LogP contribution in [0.25, 0.3) is 10.9 Å². The molecule has 20 heavy (non-hydrogen) atoms. The van der Waals surface area contributed by atoms with Crippen molar-refractivity contribution >= 4 is 50.0 Å². The predicted molar refractivity (Wildman–Crippen MR) is 83.8 cm³/mol. The third-order valence-electron chi connectivity index (χ3n) is 2.64. The summed E-state index contributed by atoms with van der Waals surface area (Å²) in [6.45, 7) is 0. The molecule has 0 atom stereocenters. The van der Waals surface area contributed by atoms with Gasteiger partial charge in [-0.15, -0.1) is 0 Å². The monoisotopic (exact) mass is 368 g/mol. The Hall–Kier alpha value is -1.36. The minimum absolute atomic E-state index is 0.129. The molecule has 0 aliphatic carbocycles. The highest BCUT2D eigenvalue weighted by atomic mass is 79.9. The average molecular weight is 370 g/mol. The third-order valence-corrected chi connectivity index (χ3v) is 3.62. The fourth-order valence-electron chi connectivity index (χ4n) is 1.76. The molecule has 1 heterocycles. The van der Waals surface area contributed by atoms with Gasteiger partial charge in [0.25, 0.3) is 0 Å². The van der Waals surface area contributed by atoms with Crippen molar-refractivity contribution in [2.24, 2.45) is 0 Å². The zero-order valence-electron chi connectivity index (χ0n) is 9.98. The Labute approximate surface area is 133 Å². The Morgan fingerprint density at radius 2 is 1.80 bits per heavy atom. The number of para-hydroxylation sites is 1. The van der Waals surface area contributed by atoms with Crippen molar-refractivity contribution in [1.82, 2.24) is 9.97 Å². The number of hydrogen-bond acceptors (Lipinski definition) is 3. The molecule has 0 unspecified atom stereocenters. The lowest BCUT2D eigenvalue weighted by Crippen LogP contribution is -1.93. The van der Waals surface area contributed by atoms with E-state index in [1.165, 1.54) is 0 Å². The summed E-state index contributed by atoms with van der Waals surface area (Å²) in [5.41, 5.74) is 0.716. The van der Waals surface area contributed by atoms with Gasteiger partial charge in [-0.05, 0) is 41.9 Å². The van der Waals surface area contributed by atoms with E-state index in [-0.39, 0.29) is 5.28 Å². The lowest BCUT2D eigenvalue weighted by atomic mass is 10.2. The van der Waals surface area contributed by atoms with Crippen LogP contribution < -0.4 is 4.74 Å². The van der Waals surface area contributed by atoms with E-state index in [0.717, 1.165) is 9.86 Å². The summed E-state index contributed by atoms with van der Waals surface area (Å²) in [6, 6.07) is 12.8. The fourth-order valence-corrected chi connectivity index (χ4v) is 2.42. The van der Waals surface area contributed by atoms with Crippen LogP contribution in [0.2, 0.25) is 10.3 Å². The predicted octanol–water partition coefficient (Wildman–Crippen LogP) is 5.49. The second kappa shape index (κ2) is 5.56. The number of rotatable bonds is 2. The summed E-state index contributed by atoms with van der Waals surface area (Å²) in [5, 5.41) is 1.39. The number of hydrogen-bond donors (Lipinski definition) is 0. The van der Waals surface area contributed by atoms with Gasteiger partial charge in [-0.2, -0.15) is 4.98 Å². The van der Waals surface area contributed by atoms with E-state index in [1.54, 1.807) is 12.1 Å². The molecule has 1 aromatic heterocycles. The van der Waals surface area contributed by atoms with E-state index in [1.807, 2.05) is 30.3 Å². The number of fused-ring (bicyclic) bond motifs is 1. The second-order valence-electron chi connectivity index (χ2n) is 3.99. The summed E-state index contributed by atoms with van der Waals surface area (Å²) in [6.07, 6.45) is 0. The maximum atomic E-state index is 6.11. The summed E-state index contributed by atoms with van der Waals surface area (Å²) < 4.78 is 6.65. The first kappa shape index (κ1) is 13.6. The fraction of sp³-hybridized carbons (Fsp3) is 0. The molecule has 0 N–H and O–H groups in total. The van der Waals surface area contributed by atoms with Crippen molar-refractivity contribution in [1.29, 1.82) is 0 Å². The Kier molecular flexibility index (Phi) is 3.78. The number of ether oxygens (including phenoxy) is 1. The molecule has 6 heteroatoms. The third kappa shape index (κ3) is 2.73. The molecule has 0 amide bonds. The molecular weight excluding hydrogens is 363 g/mol. The van der Waals surface area contributed by atoms with Crippen molar-refractivity contribution in [2.75, 3.05) is 0 Å². The standard InChI is InChI=1S/C14H7BrCl2N2O/c15-8-5-6-10(16)12(7-8)20-13-9-3-1-2-4-11(9)18-14(17)19-13/h1-7H. The second-order valence-corrected chi connectivity index (χ2v) is 5.65. The topological polar surface area (TPSA) is 35.0 Å². The smallest absolute Gasteiger partial charge is 0.231 e. The van der Waals surface area contributed by atoms with Crippen LogP contribution in [0, 0.1) is 0 Å². The molecule has 2 aromatic carbocycles. The SMILES string of the molecule is Clc1nc(Oc2cc(Br)ccc2Cl)c2ccccc2n1. The van der Waals surface area contributed by atoms with E-state index < -0.39 is 0 Å². The van der Waals surface area contributed by atoms with Gasteiger partial charge < -0.3 is 4.74 Å². The molecule has 3 rings (SSSR count). The van der Waals surface area contributed by atoms with Crippen LogP contribution in [0.5, 0.6) is 11.6 Å². The lowest BCUT2D eigenvalue weighted by molar-refractivity contribution is 0.468. The van der Waals surface area contributed by atoms with Crippen LogP contribution in [0.4, 0.5) is 0 Å². The zero-order chi connectivity index (χ0) is 14.1. The van der Waals surface area contributed by atoms with Crippen LogP contribution in [0.3, 0.4) is 0 Å². The summed E-state index contributed by atoms with van der Waals surface area (Å²) in [7, 11) is 0. The molecular formula is C14H7BrCl2N2O. The molecule has 100 valence electrons. The molecule has 0 aliphatic rings. The van der Waals surface area contributed by atoms with Crippen molar-refractivity contribution in [3.05, 3.63) is 57.2 Å². The van der Waals surface area contributed by atoms with Crippen LogP contribution in [-0.2, 0) is 0 Å². The Morgan fingerprint density at radius 1 is 1.00 bits per heavy atom. The molecule has 0 bridgehead atoms. The highest BCUT2D eigenvalue weighted by molar-refractivity contribution is 9.10. The maximum absolute atomic E-state index is 6.11. The molecule has 0 saturated carbocycles. The molecule has 0 fully saturated rings. The van der Waals surface area contributed by atoms with E-state index in [4.69, 9.17) is 27.9 Å². The van der Waals surface area contributed by atoms with E-state index in [2.05, 4.69) is 25.9 Å². The highest BCUT2D eigenvalue weighted by Crippen LogP contribution is 2.34. The number of halogens is 3. The summed E-state index contributed by atoms with van der Waals surface area (Å²) in [5.74, 6) is 0.876. The van der Waals surface area contributed by atoms with E-state index in [9.17, 15) is 0 Å². The first-order chi connectivity index (χ1) is 9.63. The normalized spacial score (nSPS) is 10.8. The highest BCUT2D eigenvalue weighted by Gasteiger charge is 2.11. The summed E-state index contributed by atoms with van der Waals surface area (Å²) >= 11 is 15.4. The maximum Gasteiger partial charge on any atom is 0.231 e. The van der Waals surface area contributed by atoms with Gasteiger partial charge in [0.2, 0.25) is 11.2 Å². The Bertz CT molecular complexity index is 795. The number of aromatic nitrogens is 2. The van der Waals surface area contributed by atoms with Gasteiger partial charge >= 0.3 is 0 Å². The average Bonchev–Trinajstić information content (AvgIpc) is 2.43. The van der Waals surface area contributed by atoms with Gasteiger partial charge in [0.1, 0.15) is 5.75 Å². The van der Waals surface area contributed by atoms with Gasteiger partial charge in [0, 0.05) is 4.47 Å². The number of benzene rings is 2. The van der Waals surface area contributed by atoms with E-state index >= 15 is 0 Å². The van der Waals surface area contributed by atoms with Gasteiger partial charge in [0.05, 0.1) is 15.9 Å². The van der Waals surface area contributed by atoms with Gasteiger partial charge in [-0.25, -0.2) is 4.98 Å². The molecule has 0 spiro atoms. The lowest BCUT2D eigenvalue weighted by Gasteiger charge is -2.09. The Morgan fingerprint density at radius 3 is 2.65 bits per heavy atom. The minimum Gasteiger partial charge on any atom is -0.437 e. The molecule has 3 nitrogen and oxygen atoms in total. The molecule has 0 aliphatic heterocycles. The quantitative estimate of drug-likeness (QED) is 0.560. The zero-order valence-corrected chi connectivity index (χ0v) is 13.1. The number of nitrogens with zero attached hydrogens (tertiary/aromatic N) is 2. The van der Waals surface area contributed by atoms with Crippen molar-refractivity contribution in [2.45, 2.75) is 0 Å². The van der Waals surface area contributed by atoms with Crippen molar-refractivity contribution in [3.63, 3.8) is 0 Å².